The third-order valence-corrected chi connectivity index (χ3v) is 7.14. The fourth-order valence-corrected chi connectivity index (χ4v) is 6.50. The third-order valence-electron chi connectivity index (χ3n) is 7.14. The smallest absolute Gasteiger partial charge is 0.347 e. The molecule has 150 valence electrons. The second-order valence-electron chi connectivity index (χ2n) is 8.94. The molecule has 4 bridgehead atoms. The number of amides is 1. The highest BCUT2D eigenvalue weighted by Crippen LogP contribution is 2.61. The summed E-state index contributed by atoms with van der Waals surface area (Å²) in [6, 6.07) is 0.901. The Morgan fingerprint density at radius 2 is 1.78 bits per heavy atom. The highest BCUT2D eigenvalue weighted by atomic mass is 19.4. The summed E-state index contributed by atoms with van der Waals surface area (Å²) in [4.78, 5) is 12.9. The van der Waals surface area contributed by atoms with Gasteiger partial charge in [-0.15, -0.1) is 0 Å². The van der Waals surface area contributed by atoms with Crippen LogP contribution in [0.5, 0.6) is 0 Å². The molecule has 4 fully saturated rings. The van der Waals surface area contributed by atoms with Gasteiger partial charge in [0.15, 0.2) is 5.69 Å². The van der Waals surface area contributed by atoms with E-state index in [0.717, 1.165) is 54.2 Å². The SMILES string of the molecule is CC[C@H](NC(=O)c1cc(C(F)(F)F)nn1CC)C12CC3CC(CC(C3)C1)C2. The zero-order valence-electron chi connectivity index (χ0n) is 16.0. The van der Waals surface area contributed by atoms with Gasteiger partial charge in [0, 0.05) is 18.7 Å². The Bertz CT molecular complexity index is 689. The summed E-state index contributed by atoms with van der Waals surface area (Å²) in [6.45, 7) is 4.00. The number of aryl methyl sites for hydroxylation is 1. The van der Waals surface area contributed by atoms with Crippen LogP contribution in [0.3, 0.4) is 0 Å². The minimum absolute atomic E-state index is 0.00741. The Hall–Kier alpha value is -1.53. The van der Waals surface area contributed by atoms with Crippen molar-refractivity contribution in [3.8, 4) is 0 Å². The highest BCUT2D eigenvalue weighted by Gasteiger charge is 2.54. The number of alkyl halides is 3. The van der Waals surface area contributed by atoms with E-state index in [9.17, 15) is 18.0 Å². The molecule has 27 heavy (non-hydrogen) atoms. The van der Waals surface area contributed by atoms with Crippen molar-refractivity contribution in [2.24, 2.45) is 23.2 Å². The lowest BCUT2D eigenvalue weighted by Gasteiger charge is -2.59. The van der Waals surface area contributed by atoms with Crippen LogP contribution in [0.15, 0.2) is 6.07 Å². The number of hydrogen-bond donors (Lipinski definition) is 1. The summed E-state index contributed by atoms with van der Waals surface area (Å²) in [6.07, 6.45) is 3.68. The molecule has 1 heterocycles. The van der Waals surface area contributed by atoms with Crippen molar-refractivity contribution in [2.75, 3.05) is 0 Å². The maximum Gasteiger partial charge on any atom is 0.435 e. The van der Waals surface area contributed by atoms with Crippen molar-refractivity contribution in [3.05, 3.63) is 17.5 Å². The molecule has 1 amide bonds. The van der Waals surface area contributed by atoms with Gasteiger partial charge in [-0.1, -0.05) is 6.92 Å². The average molecular weight is 383 g/mol. The van der Waals surface area contributed by atoms with Crippen molar-refractivity contribution >= 4 is 5.91 Å². The largest absolute Gasteiger partial charge is 0.435 e. The lowest BCUT2D eigenvalue weighted by Crippen LogP contribution is -2.56. The second-order valence-corrected chi connectivity index (χ2v) is 8.94. The topological polar surface area (TPSA) is 46.9 Å². The van der Waals surface area contributed by atoms with Crippen LogP contribution in [0.4, 0.5) is 13.2 Å². The molecule has 1 atom stereocenters. The number of carbonyl (C=O) groups is 1. The first-order valence-electron chi connectivity index (χ1n) is 10.2. The van der Waals surface area contributed by atoms with E-state index in [1.165, 1.54) is 19.3 Å². The van der Waals surface area contributed by atoms with Gasteiger partial charge in [0.1, 0.15) is 5.69 Å². The van der Waals surface area contributed by atoms with Gasteiger partial charge in [-0.3, -0.25) is 9.48 Å². The van der Waals surface area contributed by atoms with Crippen LogP contribution >= 0.6 is 0 Å². The quantitative estimate of drug-likeness (QED) is 0.805. The predicted molar refractivity (Wildman–Crippen MR) is 95.1 cm³/mol. The Kier molecular flexibility index (Phi) is 4.54. The van der Waals surface area contributed by atoms with Gasteiger partial charge < -0.3 is 5.32 Å². The first-order chi connectivity index (χ1) is 12.7. The van der Waals surface area contributed by atoms with E-state index in [2.05, 4.69) is 17.3 Å². The average Bonchev–Trinajstić information content (AvgIpc) is 3.03. The monoisotopic (exact) mass is 383 g/mol. The van der Waals surface area contributed by atoms with Crippen molar-refractivity contribution in [2.45, 2.75) is 77.6 Å². The summed E-state index contributed by atoms with van der Waals surface area (Å²) < 4.78 is 40.2. The van der Waals surface area contributed by atoms with E-state index in [1.54, 1.807) is 6.92 Å². The van der Waals surface area contributed by atoms with Crippen LogP contribution in [0, 0.1) is 23.2 Å². The second kappa shape index (κ2) is 6.52. The Balaban J connectivity index is 1.56. The van der Waals surface area contributed by atoms with E-state index in [0.29, 0.717) is 0 Å². The van der Waals surface area contributed by atoms with E-state index < -0.39 is 17.8 Å². The van der Waals surface area contributed by atoms with Crippen molar-refractivity contribution in [1.82, 2.24) is 15.1 Å². The Labute approximate surface area is 157 Å². The van der Waals surface area contributed by atoms with Crippen molar-refractivity contribution < 1.29 is 18.0 Å². The molecule has 4 saturated carbocycles. The molecule has 5 rings (SSSR count). The summed E-state index contributed by atoms with van der Waals surface area (Å²) in [7, 11) is 0. The maximum atomic E-state index is 13.0. The normalized spacial score (nSPS) is 33.3. The van der Waals surface area contributed by atoms with Gasteiger partial charge in [0.05, 0.1) is 0 Å². The molecule has 1 aromatic heterocycles. The predicted octanol–water partition coefficient (Wildman–Crippen LogP) is 4.65. The molecule has 4 nitrogen and oxygen atoms in total. The highest BCUT2D eigenvalue weighted by molar-refractivity contribution is 5.93. The van der Waals surface area contributed by atoms with Crippen LogP contribution in [-0.4, -0.2) is 21.7 Å². The number of nitrogens with zero attached hydrogens (tertiary/aromatic N) is 2. The van der Waals surface area contributed by atoms with Crippen LogP contribution < -0.4 is 5.32 Å². The van der Waals surface area contributed by atoms with Crippen molar-refractivity contribution in [1.29, 1.82) is 0 Å². The van der Waals surface area contributed by atoms with Crippen molar-refractivity contribution in [3.63, 3.8) is 0 Å². The molecule has 7 heteroatoms. The zero-order valence-corrected chi connectivity index (χ0v) is 16.0. The van der Waals surface area contributed by atoms with Crippen LogP contribution in [-0.2, 0) is 12.7 Å². The molecule has 0 aromatic carbocycles. The van der Waals surface area contributed by atoms with Gasteiger partial charge in [-0.2, -0.15) is 18.3 Å². The molecule has 4 aliphatic carbocycles. The van der Waals surface area contributed by atoms with Crippen LogP contribution in [0.2, 0.25) is 0 Å². The number of rotatable bonds is 5. The molecule has 1 N–H and O–H groups in total. The molecule has 0 unspecified atom stereocenters. The standard InChI is InChI=1S/C20H28F3N3O/c1-3-16(19-9-12-5-13(10-19)7-14(6-12)11-19)24-18(27)15-8-17(20(21,22)23)25-26(15)4-2/h8,12-14,16H,3-7,9-11H2,1-2H3,(H,24,27)/t12?,13?,14?,16-,19?/m0/s1. The fraction of sp³-hybridized carbons (Fsp3) is 0.800. The number of aromatic nitrogens is 2. The molecule has 0 saturated heterocycles. The van der Waals surface area contributed by atoms with Crippen LogP contribution in [0.1, 0.15) is 75.0 Å². The third kappa shape index (κ3) is 3.27. The molecule has 0 spiro atoms. The van der Waals surface area contributed by atoms with E-state index in [4.69, 9.17) is 0 Å². The number of halogens is 3. The van der Waals surface area contributed by atoms with Gasteiger partial charge in [0.25, 0.3) is 5.91 Å². The number of hydrogen-bond acceptors (Lipinski definition) is 2. The first kappa shape index (κ1) is 18.8. The first-order valence-corrected chi connectivity index (χ1v) is 10.2. The maximum absolute atomic E-state index is 13.0. The summed E-state index contributed by atoms with van der Waals surface area (Å²) in [5, 5.41) is 6.69. The number of nitrogens with one attached hydrogen (secondary N) is 1. The van der Waals surface area contributed by atoms with Gasteiger partial charge in [-0.25, -0.2) is 0 Å². The molecule has 4 aliphatic rings. The summed E-state index contributed by atoms with van der Waals surface area (Å²) in [5.74, 6) is 1.86. The molecule has 0 radical (unpaired) electrons. The zero-order chi connectivity index (χ0) is 19.4. The minimum atomic E-state index is -4.54. The van der Waals surface area contributed by atoms with E-state index in [1.807, 2.05) is 0 Å². The minimum Gasteiger partial charge on any atom is -0.347 e. The molecule has 0 aliphatic heterocycles. The van der Waals surface area contributed by atoms with Gasteiger partial charge in [0.2, 0.25) is 0 Å². The van der Waals surface area contributed by atoms with Gasteiger partial charge in [-0.05, 0) is 75.0 Å². The van der Waals surface area contributed by atoms with E-state index >= 15 is 0 Å². The fourth-order valence-electron chi connectivity index (χ4n) is 6.50. The summed E-state index contributed by atoms with van der Waals surface area (Å²) in [5.41, 5.74) is -0.867. The molecule has 1 aromatic rings. The van der Waals surface area contributed by atoms with Crippen LogP contribution in [0.25, 0.3) is 0 Å². The van der Waals surface area contributed by atoms with Gasteiger partial charge >= 0.3 is 6.18 Å². The molecular weight excluding hydrogens is 355 g/mol. The molecular formula is C20H28F3N3O. The lowest BCUT2D eigenvalue weighted by molar-refractivity contribution is -0.141. The van der Waals surface area contributed by atoms with E-state index in [-0.39, 0.29) is 23.7 Å². The number of carbonyl (C=O) groups excluding carboxylic acids is 1. The summed E-state index contributed by atoms with van der Waals surface area (Å²) >= 11 is 0. The Morgan fingerprint density at radius 3 is 2.22 bits per heavy atom. The lowest BCUT2D eigenvalue weighted by atomic mass is 9.47. The Morgan fingerprint density at radius 1 is 1.22 bits per heavy atom.